The van der Waals surface area contributed by atoms with Gasteiger partial charge in [0.25, 0.3) is 0 Å². The molecule has 0 aliphatic carbocycles. The molecule has 0 aromatic heterocycles. The predicted octanol–water partition coefficient (Wildman–Crippen LogP) is 17.9. The van der Waals surface area contributed by atoms with Gasteiger partial charge in [0, 0.05) is 24.3 Å². The van der Waals surface area contributed by atoms with Crippen LogP contribution in [-0.2, 0) is 19.1 Å². The minimum absolute atomic E-state index is 0.138. The summed E-state index contributed by atoms with van der Waals surface area (Å²) >= 11 is 0. The summed E-state index contributed by atoms with van der Waals surface area (Å²) in [7, 11) is 0. The normalized spacial score (nSPS) is 11.0. The van der Waals surface area contributed by atoms with E-state index in [2.05, 4.69) is 13.2 Å². The monoisotopic (exact) mass is 1060 g/mol. The second-order valence-electron chi connectivity index (χ2n) is 20.0. The van der Waals surface area contributed by atoms with Crippen LogP contribution in [0, 0.1) is 11.6 Å². The Hall–Kier alpha value is -5.52. The minimum atomic E-state index is -1.06. The van der Waals surface area contributed by atoms with Gasteiger partial charge in [0.1, 0.15) is 11.5 Å². The van der Waals surface area contributed by atoms with Crippen molar-refractivity contribution in [3.05, 3.63) is 109 Å². The van der Waals surface area contributed by atoms with E-state index in [1.54, 1.807) is 24.3 Å². The first-order valence-corrected chi connectivity index (χ1v) is 29.2. The molecule has 0 radical (unpaired) electrons. The van der Waals surface area contributed by atoms with Gasteiger partial charge in [-0.1, -0.05) is 206 Å². The van der Waals surface area contributed by atoms with Crippen LogP contribution in [0.5, 0.6) is 23.0 Å². The molecule has 0 unspecified atom stereocenters. The van der Waals surface area contributed by atoms with E-state index >= 15 is 8.78 Å². The summed E-state index contributed by atoms with van der Waals surface area (Å²) in [6.07, 6.45) is 43.8. The highest BCUT2D eigenvalue weighted by Crippen LogP contribution is 2.29. The molecule has 0 heterocycles. The molecule has 0 spiro atoms. The Morgan fingerprint density at radius 3 is 0.803 bits per heavy atom. The summed E-state index contributed by atoms with van der Waals surface area (Å²) in [4.78, 5) is 47.6. The fraction of sp³-hybridized carbons (Fsp3) is 0.594. The van der Waals surface area contributed by atoms with Crippen LogP contribution < -0.4 is 18.9 Å². The number of benzene rings is 3. The molecule has 0 saturated carbocycles. The number of ether oxygens (including phenoxy) is 6. The Morgan fingerprint density at radius 2 is 0.566 bits per heavy atom. The molecule has 422 valence electrons. The number of carbonyl (C=O) groups is 4. The van der Waals surface area contributed by atoms with Gasteiger partial charge < -0.3 is 28.4 Å². The highest BCUT2D eigenvalue weighted by Gasteiger charge is 2.19. The van der Waals surface area contributed by atoms with Crippen molar-refractivity contribution in [3.8, 4) is 23.0 Å². The molecule has 3 aromatic carbocycles. The maximum atomic E-state index is 15.0. The molecule has 3 rings (SSSR count). The zero-order valence-electron chi connectivity index (χ0n) is 46.1. The number of esters is 4. The van der Waals surface area contributed by atoms with Crippen LogP contribution in [0.4, 0.5) is 8.78 Å². The molecular weight excluding hydrogens is 967 g/mol. The van der Waals surface area contributed by atoms with Crippen molar-refractivity contribution in [1.82, 2.24) is 0 Å². The van der Waals surface area contributed by atoms with Gasteiger partial charge in [0.05, 0.1) is 37.6 Å². The van der Waals surface area contributed by atoms with Crippen LogP contribution in [0.2, 0.25) is 0 Å². The smallest absolute Gasteiger partial charge is 0.343 e. The Kier molecular flexibility index (Phi) is 37.1. The van der Waals surface area contributed by atoms with Crippen molar-refractivity contribution in [1.29, 1.82) is 0 Å². The third-order valence-electron chi connectivity index (χ3n) is 13.5. The van der Waals surface area contributed by atoms with Crippen LogP contribution >= 0.6 is 0 Å². The predicted molar refractivity (Wildman–Crippen MR) is 299 cm³/mol. The molecule has 12 heteroatoms. The van der Waals surface area contributed by atoms with Crippen molar-refractivity contribution in [3.63, 3.8) is 0 Å². The van der Waals surface area contributed by atoms with E-state index in [1.807, 2.05) is 0 Å². The molecule has 0 atom stereocenters. The van der Waals surface area contributed by atoms with E-state index in [9.17, 15) is 19.2 Å². The molecular formula is C64H92F2O10. The molecule has 0 fully saturated rings. The maximum Gasteiger partial charge on any atom is 0.343 e. The molecule has 10 nitrogen and oxygen atoms in total. The topological polar surface area (TPSA) is 124 Å². The van der Waals surface area contributed by atoms with Crippen LogP contribution in [0.3, 0.4) is 0 Å². The molecule has 0 saturated heterocycles. The number of carbonyl (C=O) groups excluding carboxylic acids is 4. The summed E-state index contributed by atoms with van der Waals surface area (Å²) in [5.41, 5.74) is 0.275. The minimum Gasteiger partial charge on any atom is -0.494 e. The van der Waals surface area contributed by atoms with Crippen molar-refractivity contribution < 1.29 is 56.4 Å². The number of rotatable bonds is 48. The molecule has 0 aliphatic rings. The van der Waals surface area contributed by atoms with E-state index in [0.717, 1.165) is 51.4 Å². The summed E-state index contributed by atoms with van der Waals surface area (Å²) in [6, 6.07) is 14.0. The van der Waals surface area contributed by atoms with E-state index in [-0.39, 0.29) is 23.1 Å². The second-order valence-corrected chi connectivity index (χ2v) is 20.0. The van der Waals surface area contributed by atoms with Crippen LogP contribution in [0.1, 0.15) is 239 Å². The quantitative estimate of drug-likeness (QED) is 0.0234. The van der Waals surface area contributed by atoms with Gasteiger partial charge in [-0.25, -0.2) is 28.0 Å². The lowest BCUT2D eigenvalue weighted by atomic mass is 10.0. The molecule has 0 N–H and O–H groups in total. The highest BCUT2D eigenvalue weighted by atomic mass is 19.1. The van der Waals surface area contributed by atoms with Gasteiger partial charge in [-0.15, -0.1) is 0 Å². The Labute approximate surface area is 455 Å². The van der Waals surface area contributed by atoms with E-state index in [4.69, 9.17) is 28.4 Å². The zero-order chi connectivity index (χ0) is 54.5. The average Bonchev–Trinajstić information content (AvgIpc) is 3.43. The standard InChI is InChI=1S/C64H92F2O10/c1-3-61(67)73-49-37-33-29-25-21-17-13-9-5-7-11-15-19-23-27-31-35-47-71-55-43-39-53(40-44-55)63(69)75-59-51-58(66)60(52-57(59)65)76-64(70)54-41-45-56(46-42-54)72-48-36-32-28-24-20-16-12-8-6-10-14-18-22-26-30-34-38-50-74-62(68)4-2/h3-4,39-46,51-52H,1-2,5-38,47-50H2. The molecule has 0 amide bonds. The van der Waals surface area contributed by atoms with Gasteiger partial charge in [0.2, 0.25) is 0 Å². The van der Waals surface area contributed by atoms with Gasteiger partial charge >= 0.3 is 23.9 Å². The summed E-state index contributed by atoms with van der Waals surface area (Å²) in [5.74, 6) is -4.61. The van der Waals surface area contributed by atoms with E-state index in [0.29, 0.717) is 50.1 Å². The summed E-state index contributed by atoms with van der Waals surface area (Å²) in [5, 5.41) is 0. The first-order valence-electron chi connectivity index (χ1n) is 29.2. The van der Waals surface area contributed by atoms with E-state index < -0.39 is 35.1 Å². The zero-order valence-corrected chi connectivity index (χ0v) is 46.1. The molecule has 76 heavy (non-hydrogen) atoms. The lowest BCUT2D eigenvalue weighted by Crippen LogP contribution is -2.12. The maximum absolute atomic E-state index is 15.0. The Balaban J connectivity index is 1.15. The van der Waals surface area contributed by atoms with Crippen LogP contribution in [0.25, 0.3) is 0 Å². The first kappa shape index (κ1) is 64.8. The van der Waals surface area contributed by atoms with E-state index in [1.165, 1.54) is 203 Å². The van der Waals surface area contributed by atoms with Crippen LogP contribution in [-0.4, -0.2) is 50.3 Å². The molecule has 3 aromatic rings. The number of hydrogen-bond acceptors (Lipinski definition) is 10. The van der Waals surface area contributed by atoms with Crippen molar-refractivity contribution in [2.75, 3.05) is 26.4 Å². The average molecular weight is 1060 g/mol. The van der Waals surface area contributed by atoms with Crippen molar-refractivity contribution in [2.24, 2.45) is 0 Å². The SMILES string of the molecule is C=CC(=O)OCCCCCCCCCCCCCCCCCCCOc1ccc(C(=O)Oc2cc(F)c(OC(=O)c3ccc(OCCCCCCCCCCCCCCCCCCCOC(=O)C=C)cc3)cc2F)cc1. The lowest BCUT2D eigenvalue weighted by Gasteiger charge is -2.11. The van der Waals surface area contributed by atoms with Gasteiger partial charge in [-0.3, -0.25) is 0 Å². The number of hydrogen-bond donors (Lipinski definition) is 0. The van der Waals surface area contributed by atoms with Crippen molar-refractivity contribution >= 4 is 23.9 Å². The fourth-order valence-electron chi connectivity index (χ4n) is 8.91. The first-order chi connectivity index (χ1) is 37.2. The molecule has 0 aliphatic heterocycles. The third-order valence-corrected chi connectivity index (χ3v) is 13.5. The van der Waals surface area contributed by atoms with Gasteiger partial charge in [-0.2, -0.15) is 0 Å². The lowest BCUT2D eigenvalue weighted by molar-refractivity contribution is -0.138. The summed E-state index contributed by atoms with van der Waals surface area (Å²) < 4.78 is 62.0. The second kappa shape index (κ2) is 43.6. The fourth-order valence-corrected chi connectivity index (χ4v) is 8.91. The van der Waals surface area contributed by atoms with Crippen molar-refractivity contribution in [2.45, 2.75) is 218 Å². The van der Waals surface area contributed by atoms with Crippen LogP contribution in [0.15, 0.2) is 86.0 Å². The number of unbranched alkanes of at least 4 members (excludes halogenated alkanes) is 32. The molecule has 0 bridgehead atoms. The largest absolute Gasteiger partial charge is 0.494 e. The number of halogens is 2. The highest BCUT2D eigenvalue weighted by molar-refractivity contribution is 5.92. The Morgan fingerprint density at radius 1 is 0.342 bits per heavy atom. The Bertz CT molecular complexity index is 1890. The van der Waals surface area contributed by atoms with Gasteiger partial charge in [0.15, 0.2) is 23.1 Å². The third kappa shape index (κ3) is 32.2. The summed E-state index contributed by atoms with van der Waals surface area (Å²) in [6.45, 7) is 8.92. The van der Waals surface area contributed by atoms with Gasteiger partial charge in [-0.05, 0) is 74.2 Å².